The van der Waals surface area contributed by atoms with Gasteiger partial charge in [0.05, 0.1) is 12.0 Å². The van der Waals surface area contributed by atoms with Gasteiger partial charge in [-0.3, -0.25) is 9.59 Å². The summed E-state index contributed by atoms with van der Waals surface area (Å²) in [6.45, 7) is 3.24. The van der Waals surface area contributed by atoms with Crippen molar-refractivity contribution in [2.75, 3.05) is 0 Å². The van der Waals surface area contributed by atoms with Crippen molar-refractivity contribution in [3.63, 3.8) is 0 Å². The molecule has 0 radical (unpaired) electrons. The lowest BCUT2D eigenvalue weighted by Crippen LogP contribution is -2.38. The van der Waals surface area contributed by atoms with Crippen LogP contribution in [0.5, 0.6) is 0 Å². The Bertz CT molecular complexity index is 483. The van der Waals surface area contributed by atoms with Crippen LogP contribution in [0, 0.1) is 11.8 Å². The molecule has 4 nitrogen and oxygen atoms in total. The fraction of sp³-hybridized carbons (Fsp3) is 0.571. The smallest absolute Gasteiger partial charge is 0.307 e. The third kappa shape index (κ3) is 2.97. The second-order valence-corrected chi connectivity index (χ2v) is 6.17. The quantitative estimate of drug-likeness (QED) is 0.891. The molecule has 1 aliphatic rings. The lowest BCUT2D eigenvalue weighted by atomic mass is 9.91. The fourth-order valence-electron chi connectivity index (χ4n) is 2.38. The van der Waals surface area contributed by atoms with Gasteiger partial charge >= 0.3 is 5.97 Å². The molecule has 0 saturated carbocycles. The largest absolute Gasteiger partial charge is 0.481 e. The summed E-state index contributed by atoms with van der Waals surface area (Å²) in [5.41, 5.74) is 1.21. The summed E-state index contributed by atoms with van der Waals surface area (Å²) in [5.74, 6) is -2.27. The predicted molar refractivity (Wildman–Crippen MR) is 74.1 cm³/mol. The van der Waals surface area contributed by atoms with Crippen LogP contribution in [0.25, 0.3) is 0 Å². The molecular formula is C14H19NO3S. The van der Waals surface area contributed by atoms with E-state index < -0.39 is 17.8 Å². The highest BCUT2D eigenvalue weighted by Crippen LogP contribution is 2.33. The molecule has 3 unspecified atom stereocenters. The van der Waals surface area contributed by atoms with E-state index in [1.54, 1.807) is 25.2 Å². The van der Waals surface area contributed by atoms with Crippen molar-refractivity contribution in [3.8, 4) is 0 Å². The Hall–Kier alpha value is -1.36. The Morgan fingerprint density at radius 2 is 2.16 bits per heavy atom. The molecule has 2 rings (SSSR count). The molecule has 5 heteroatoms. The van der Waals surface area contributed by atoms with Crippen LogP contribution < -0.4 is 5.32 Å². The van der Waals surface area contributed by atoms with E-state index in [1.165, 1.54) is 10.4 Å². The van der Waals surface area contributed by atoms with Crippen molar-refractivity contribution in [2.45, 2.75) is 39.2 Å². The zero-order chi connectivity index (χ0) is 14.0. The molecule has 2 N–H and O–H groups in total. The van der Waals surface area contributed by atoms with Gasteiger partial charge in [0.15, 0.2) is 0 Å². The summed E-state index contributed by atoms with van der Waals surface area (Å²) in [6.07, 6.45) is 3.09. The van der Waals surface area contributed by atoms with Crippen molar-refractivity contribution in [2.24, 2.45) is 11.8 Å². The van der Waals surface area contributed by atoms with Gasteiger partial charge in [-0.05, 0) is 36.3 Å². The molecule has 0 spiro atoms. The number of thiophene rings is 1. The van der Waals surface area contributed by atoms with Crippen molar-refractivity contribution < 1.29 is 14.7 Å². The van der Waals surface area contributed by atoms with Crippen LogP contribution >= 0.6 is 11.3 Å². The number of fused-ring (bicyclic) bond motifs is 1. The molecule has 0 fully saturated rings. The number of carbonyl (C=O) groups excluding carboxylic acids is 1. The van der Waals surface area contributed by atoms with E-state index in [9.17, 15) is 9.59 Å². The number of rotatable bonds is 4. The molecule has 0 saturated heterocycles. The molecule has 0 aromatic carbocycles. The van der Waals surface area contributed by atoms with E-state index in [1.807, 2.05) is 0 Å². The highest BCUT2D eigenvalue weighted by molar-refractivity contribution is 7.10. The highest BCUT2D eigenvalue weighted by atomic mass is 32.1. The molecule has 1 heterocycles. The Kier molecular flexibility index (Phi) is 4.24. The lowest BCUT2D eigenvalue weighted by Gasteiger charge is -2.26. The SMILES string of the molecule is CC(C(=O)O)C(C)C(=O)NC1CCCc2sccc21. The second-order valence-electron chi connectivity index (χ2n) is 5.17. The standard InChI is InChI=1S/C14H19NO3S/c1-8(9(2)14(17)18)13(16)15-11-4-3-5-12-10(11)6-7-19-12/h6-9,11H,3-5H2,1-2H3,(H,15,16)(H,17,18). The van der Waals surface area contributed by atoms with Gasteiger partial charge in [-0.25, -0.2) is 0 Å². The first-order valence-electron chi connectivity index (χ1n) is 6.60. The monoisotopic (exact) mass is 281 g/mol. The van der Waals surface area contributed by atoms with Crippen LogP contribution in [0.3, 0.4) is 0 Å². The van der Waals surface area contributed by atoms with Crippen LogP contribution in [0.4, 0.5) is 0 Å². The average molecular weight is 281 g/mol. The van der Waals surface area contributed by atoms with E-state index >= 15 is 0 Å². The van der Waals surface area contributed by atoms with Gasteiger partial charge in [0.1, 0.15) is 0 Å². The molecule has 1 aromatic rings. The zero-order valence-electron chi connectivity index (χ0n) is 11.2. The number of carboxylic acids is 1. The summed E-state index contributed by atoms with van der Waals surface area (Å²) in [6, 6.07) is 2.11. The number of nitrogens with one attached hydrogen (secondary N) is 1. The maximum absolute atomic E-state index is 12.1. The van der Waals surface area contributed by atoms with Gasteiger partial charge < -0.3 is 10.4 Å². The molecule has 0 bridgehead atoms. The van der Waals surface area contributed by atoms with Gasteiger partial charge in [-0.2, -0.15) is 0 Å². The normalized spacial score (nSPS) is 21.3. The van der Waals surface area contributed by atoms with Gasteiger partial charge in [-0.1, -0.05) is 13.8 Å². The van der Waals surface area contributed by atoms with Gasteiger partial charge in [-0.15, -0.1) is 11.3 Å². The van der Waals surface area contributed by atoms with Crippen molar-refractivity contribution in [3.05, 3.63) is 21.9 Å². The van der Waals surface area contributed by atoms with E-state index in [0.717, 1.165) is 19.3 Å². The van der Waals surface area contributed by atoms with Gasteiger partial charge in [0.2, 0.25) is 5.91 Å². The molecular weight excluding hydrogens is 262 g/mol. The maximum atomic E-state index is 12.1. The number of carboxylic acid groups (broad SMARTS) is 1. The summed E-state index contributed by atoms with van der Waals surface area (Å²) in [7, 11) is 0. The first kappa shape index (κ1) is 14.1. The number of aliphatic carboxylic acids is 1. The Morgan fingerprint density at radius 1 is 1.42 bits per heavy atom. The fourth-order valence-corrected chi connectivity index (χ4v) is 3.37. The van der Waals surface area contributed by atoms with Crippen molar-refractivity contribution in [1.82, 2.24) is 5.32 Å². The second kappa shape index (κ2) is 5.74. The molecule has 19 heavy (non-hydrogen) atoms. The molecule has 104 valence electrons. The summed E-state index contributed by atoms with van der Waals surface area (Å²) < 4.78 is 0. The number of carbonyl (C=O) groups is 2. The zero-order valence-corrected chi connectivity index (χ0v) is 12.0. The lowest BCUT2D eigenvalue weighted by molar-refractivity contribution is -0.146. The number of aryl methyl sites for hydroxylation is 1. The van der Waals surface area contributed by atoms with Crippen molar-refractivity contribution in [1.29, 1.82) is 0 Å². The minimum absolute atomic E-state index is 0.0472. The third-order valence-electron chi connectivity index (χ3n) is 3.92. The van der Waals surface area contributed by atoms with E-state index in [2.05, 4.69) is 16.8 Å². The molecule has 0 aliphatic heterocycles. The van der Waals surface area contributed by atoms with Gasteiger partial charge in [0, 0.05) is 10.8 Å². The molecule has 1 amide bonds. The molecule has 1 aliphatic carbocycles. The first-order chi connectivity index (χ1) is 9.00. The van der Waals surface area contributed by atoms with Crippen LogP contribution in [0.1, 0.15) is 43.2 Å². The first-order valence-corrected chi connectivity index (χ1v) is 7.48. The number of amides is 1. The number of hydrogen-bond donors (Lipinski definition) is 2. The van der Waals surface area contributed by atoms with Crippen LogP contribution in [0.2, 0.25) is 0 Å². The topological polar surface area (TPSA) is 66.4 Å². The molecule has 3 atom stereocenters. The average Bonchev–Trinajstić information content (AvgIpc) is 2.86. The Balaban J connectivity index is 2.03. The highest BCUT2D eigenvalue weighted by Gasteiger charge is 2.29. The van der Waals surface area contributed by atoms with E-state index in [-0.39, 0.29) is 11.9 Å². The van der Waals surface area contributed by atoms with E-state index in [0.29, 0.717) is 0 Å². The summed E-state index contributed by atoms with van der Waals surface area (Å²) in [5, 5.41) is 14.0. The van der Waals surface area contributed by atoms with Crippen molar-refractivity contribution >= 4 is 23.2 Å². The molecule has 1 aromatic heterocycles. The Labute approximate surface area is 116 Å². The predicted octanol–water partition coefficient (Wildman–Crippen LogP) is 2.60. The number of hydrogen-bond acceptors (Lipinski definition) is 3. The van der Waals surface area contributed by atoms with E-state index in [4.69, 9.17) is 5.11 Å². The van der Waals surface area contributed by atoms with Crippen LogP contribution in [-0.4, -0.2) is 17.0 Å². The van der Waals surface area contributed by atoms with Crippen LogP contribution in [-0.2, 0) is 16.0 Å². The Morgan fingerprint density at radius 3 is 2.84 bits per heavy atom. The minimum Gasteiger partial charge on any atom is -0.481 e. The summed E-state index contributed by atoms with van der Waals surface area (Å²) in [4.78, 5) is 24.4. The summed E-state index contributed by atoms with van der Waals surface area (Å²) >= 11 is 1.73. The minimum atomic E-state index is -0.928. The van der Waals surface area contributed by atoms with Crippen LogP contribution in [0.15, 0.2) is 11.4 Å². The third-order valence-corrected chi connectivity index (χ3v) is 4.92. The maximum Gasteiger partial charge on any atom is 0.307 e. The van der Waals surface area contributed by atoms with Gasteiger partial charge in [0.25, 0.3) is 0 Å².